The minimum atomic E-state index is -0.505. The number of amides is 1. The summed E-state index contributed by atoms with van der Waals surface area (Å²) in [6.07, 6.45) is 4.64. The maximum Gasteiger partial charge on any atom is 0.407 e. The van der Waals surface area contributed by atoms with E-state index in [1.54, 1.807) is 24.3 Å². The summed E-state index contributed by atoms with van der Waals surface area (Å²) in [5.41, 5.74) is 0.921. The highest BCUT2D eigenvalue weighted by Crippen LogP contribution is 2.14. The SMILES string of the molecule is CC(C)(C)OC(=O)NCC=Cc1cccc(N=C=O)c1. The van der Waals surface area contributed by atoms with Gasteiger partial charge in [-0.05, 0) is 38.5 Å². The molecule has 0 unspecified atom stereocenters. The monoisotopic (exact) mass is 274 g/mol. The molecule has 0 bridgehead atoms. The summed E-state index contributed by atoms with van der Waals surface area (Å²) in [4.78, 5) is 25.1. The second-order valence-corrected chi connectivity index (χ2v) is 5.08. The Morgan fingerprint density at radius 2 is 2.20 bits per heavy atom. The Bertz CT molecular complexity index is 538. The summed E-state index contributed by atoms with van der Waals surface area (Å²) in [6, 6.07) is 7.11. The van der Waals surface area contributed by atoms with Crippen molar-refractivity contribution < 1.29 is 14.3 Å². The van der Waals surface area contributed by atoms with Crippen LogP contribution in [-0.4, -0.2) is 24.3 Å². The standard InChI is InChI=1S/C15H18N2O3/c1-15(2,3)20-14(19)16-9-5-7-12-6-4-8-13(10-12)17-11-18/h4-8,10H,9H2,1-3H3,(H,16,19). The van der Waals surface area contributed by atoms with Gasteiger partial charge < -0.3 is 10.1 Å². The number of rotatable bonds is 4. The number of hydrogen-bond acceptors (Lipinski definition) is 4. The largest absolute Gasteiger partial charge is 0.444 e. The van der Waals surface area contributed by atoms with Crippen LogP contribution in [0.3, 0.4) is 0 Å². The minimum Gasteiger partial charge on any atom is -0.444 e. The Morgan fingerprint density at radius 3 is 2.85 bits per heavy atom. The van der Waals surface area contributed by atoms with Gasteiger partial charge in [0.15, 0.2) is 0 Å². The number of nitrogens with one attached hydrogen (secondary N) is 1. The van der Waals surface area contributed by atoms with Crippen LogP contribution in [0.4, 0.5) is 10.5 Å². The van der Waals surface area contributed by atoms with Crippen LogP contribution in [0, 0.1) is 0 Å². The average Bonchev–Trinajstić information content (AvgIpc) is 2.33. The van der Waals surface area contributed by atoms with Crippen molar-refractivity contribution in [3.8, 4) is 0 Å². The molecule has 0 aliphatic carbocycles. The molecule has 0 aliphatic rings. The van der Waals surface area contributed by atoms with Crippen LogP contribution in [0.2, 0.25) is 0 Å². The molecule has 0 saturated carbocycles. The van der Waals surface area contributed by atoms with Crippen LogP contribution < -0.4 is 5.32 Å². The highest BCUT2D eigenvalue weighted by Gasteiger charge is 2.14. The van der Waals surface area contributed by atoms with Crippen molar-refractivity contribution >= 4 is 23.9 Å². The van der Waals surface area contributed by atoms with Gasteiger partial charge in [-0.15, -0.1) is 0 Å². The van der Waals surface area contributed by atoms with Crippen molar-refractivity contribution in [3.63, 3.8) is 0 Å². The van der Waals surface area contributed by atoms with E-state index < -0.39 is 11.7 Å². The van der Waals surface area contributed by atoms with E-state index in [1.807, 2.05) is 32.9 Å². The normalized spacial score (nSPS) is 10.9. The fraction of sp³-hybridized carbons (Fsp3) is 0.333. The molecule has 0 spiro atoms. The van der Waals surface area contributed by atoms with Gasteiger partial charge in [0.05, 0.1) is 5.69 Å². The number of alkyl carbamates (subject to hydrolysis) is 1. The van der Waals surface area contributed by atoms with Crippen LogP contribution in [-0.2, 0) is 9.53 Å². The van der Waals surface area contributed by atoms with Crippen molar-refractivity contribution in [1.82, 2.24) is 5.32 Å². The first-order valence-corrected chi connectivity index (χ1v) is 6.22. The zero-order chi connectivity index (χ0) is 15.0. The van der Waals surface area contributed by atoms with Gasteiger partial charge in [-0.1, -0.05) is 24.3 Å². The molecule has 0 aliphatic heterocycles. The summed E-state index contributed by atoms with van der Waals surface area (Å²) in [7, 11) is 0. The number of ether oxygens (including phenoxy) is 1. The summed E-state index contributed by atoms with van der Waals surface area (Å²) < 4.78 is 5.10. The number of hydrogen-bond donors (Lipinski definition) is 1. The summed E-state index contributed by atoms with van der Waals surface area (Å²) in [5.74, 6) is 0. The van der Waals surface area contributed by atoms with Gasteiger partial charge in [0.25, 0.3) is 0 Å². The molecule has 0 saturated heterocycles. The predicted molar refractivity (Wildman–Crippen MR) is 77.5 cm³/mol. The van der Waals surface area contributed by atoms with Crippen LogP contribution in [0.1, 0.15) is 26.3 Å². The van der Waals surface area contributed by atoms with Gasteiger partial charge in [-0.25, -0.2) is 9.59 Å². The number of aliphatic imine (C=N–C) groups is 1. The van der Waals surface area contributed by atoms with E-state index in [1.165, 1.54) is 6.08 Å². The maximum absolute atomic E-state index is 11.4. The van der Waals surface area contributed by atoms with Crippen molar-refractivity contribution in [2.24, 2.45) is 4.99 Å². The molecule has 1 aromatic rings. The van der Waals surface area contributed by atoms with Crippen molar-refractivity contribution in [3.05, 3.63) is 35.9 Å². The molecule has 20 heavy (non-hydrogen) atoms. The second-order valence-electron chi connectivity index (χ2n) is 5.08. The number of nitrogens with zero attached hydrogens (tertiary/aromatic N) is 1. The maximum atomic E-state index is 11.4. The Morgan fingerprint density at radius 1 is 1.45 bits per heavy atom. The van der Waals surface area contributed by atoms with E-state index in [9.17, 15) is 9.59 Å². The van der Waals surface area contributed by atoms with E-state index in [2.05, 4.69) is 10.3 Å². The van der Waals surface area contributed by atoms with E-state index in [0.29, 0.717) is 12.2 Å². The molecular weight excluding hydrogens is 256 g/mol. The quantitative estimate of drug-likeness (QED) is 0.677. The second kappa shape index (κ2) is 7.26. The summed E-state index contributed by atoms with van der Waals surface area (Å²) >= 11 is 0. The van der Waals surface area contributed by atoms with Crippen molar-refractivity contribution in [2.45, 2.75) is 26.4 Å². The van der Waals surface area contributed by atoms with Gasteiger partial charge in [-0.2, -0.15) is 4.99 Å². The molecule has 1 amide bonds. The predicted octanol–water partition coefficient (Wildman–Crippen LogP) is 3.19. The third kappa shape index (κ3) is 6.52. The average molecular weight is 274 g/mol. The Labute approximate surface area is 118 Å². The van der Waals surface area contributed by atoms with Gasteiger partial charge in [0.2, 0.25) is 6.08 Å². The topological polar surface area (TPSA) is 67.8 Å². The molecule has 1 aromatic carbocycles. The Hall–Kier alpha value is -2.39. The van der Waals surface area contributed by atoms with Crippen LogP contribution in [0.15, 0.2) is 35.3 Å². The lowest BCUT2D eigenvalue weighted by atomic mass is 10.2. The first-order valence-electron chi connectivity index (χ1n) is 6.22. The number of isocyanates is 1. The smallest absolute Gasteiger partial charge is 0.407 e. The molecule has 0 fully saturated rings. The van der Waals surface area contributed by atoms with E-state index in [4.69, 9.17) is 4.74 Å². The molecule has 106 valence electrons. The zero-order valence-electron chi connectivity index (χ0n) is 11.8. The lowest BCUT2D eigenvalue weighted by Crippen LogP contribution is -2.32. The molecule has 1 rings (SSSR count). The minimum absolute atomic E-state index is 0.357. The van der Waals surface area contributed by atoms with Gasteiger partial charge in [0, 0.05) is 6.54 Å². The third-order valence-corrected chi connectivity index (χ3v) is 2.12. The first kappa shape index (κ1) is 15.7. The van der Waals surface area contributed by atoms with E-state index >= 15 is 0 Å². The van der Waals surface area contributed by atoms with E-state index in [-0.39, 0.29) is 0 Å². The summed E-state index contributed by atoms with van der Waals surface area (Å²) in [5, 5.41) is 2.62. The van der Waals surface area contributed by atoms with E-state index in [0.717, 1.165) is 5.56 Å². The molecule has 0 aromatic heterocycles. The molecule has 5 nitrogen and oxygen atoms in total. The Kier molecular flexibility index (Phi) is 5.69. The molecule has 1 N–H and O–H groups in total. The first-order chi connectivity index (χ1) is 9.40. The van der Waals surface area contributed by atoms with Crippen LogP contribution in [0.5, 0.6) is 0 Å². The number of benzene rings is 1. The van der Waals surface area contributed by atoms with Gasteiger partial charge in [-0.3, -0.25) is 0 Å². The third-order valence-electron chi connectivity index (χ3n) is 2.12. The molecule has 0 heterocycles. The van der Waals surface area contributed by atoms with Crippen molar-refractivity contribution in [1.29, 1.82) is 0 Å². The van der Waals surface area contributed by atoms with Crippen molar-refractivity contribution in [2.75, 3.05) is 6.54 Å². The van der Waals surface area contributed by atoms with Gasteiger partial charge in [0.1, 0.15) is 5.60 Å². The highest BCUT2D eigenvalue weighted by atomic mass is 16.6. The Balaban J connectivity index is 2.47. The fourth-order valence-corrected chi connectivity index (χ4v) is 1.40. The molecule has 0 atom stereocenters. The zero-order valence-corrected chi connectivity index (χ0v) is 11.8. The molecule has 5 heteroatoms. The molecular formula is C15H18N2O3. The van der Waals surface area contributed by atoms with Gasteiger partial charge >= 0.3 is 6.09 Å². The van der Waals surface area contributed by atoms with Crippen LogP contribution in [0.25, 0.3) is 6.08 Å². The lowest BCUT2D eigenvalue weighted by Gasteiger charge is -2.19. The number of carbonyl (C=O) groups excluding carboxylic acids is 2. The summed E-state index contributed by atoms with van der Waals surface area (Å²) in [6.45, 7) is 5.78. The lowest BCUT2D eigenvalue weighted by molar-refractivity contribution is 0.0534. The highest BCUT2D eigenvalue weighted by molar-refractivity contribution is 5.68. The fourth-order valence-electron chi connectivity index (χ4n) is 1.40. The molecule has 0 radical (unpaired) electrons. The van der Waals surface area contributed by atoms with Crippen LogP contribution >= 0.6 is 0 Å². The number of carbonyl (C=O) groups is 1.